The number of sulfonamides is 1. The summed E-state index contributed by atoms with van der Waals surface area (Å²) in [5.41, 5.74) is 6.42. The van der Waals surface area contributed by atoms with Crippen LogP contribution in [0.15, 0.2) is 60.7 Å². The van der Waals surface area contributed by atoms with Crippen LogP contribution in [-0.2, 0) is 20.1 Å². The van der Waals surface area contributed by atoms with Gasteiger partial charge in [-0.05, 0) is 55.3 Å². The van der Waals surface area contributed by atoms with Crippen molar-refractivity contribution in [3.05, 3.63) is 71.8 Å². The zero-order chi connectivity index (χ0) is 24.4. The van der Waals surface area contributed by atoms with Gasteiger partial charge < -0.3 is 5.32 Å². The quantitative estimate of drug-likeness (QED) is 0.283. The molecule has 0 saturated heterocycles. The van der Waals surface area contributed by atoms with Crippen molar-refractivity contribution >= 4 is 59.0 Å². The molecule has 0 amide bonds. The smallest absolute Gasteiger partial charge is 0.261 e. The summed E-state index contributed by atoms with van der Waals surface area (Å²) in [6.07, 6.45) is 1.86. The lowest BCUT2D eigenvalue weighted by molar-refractivity contribution is 0.490. The lowest BCUT2D eigenvalue weighted by atomic mass is 10.0. The second-order valence-corrected chi connectivity index (χ2v) is 11.0. The number of nitrogens with one attached hydrogen (secondary N) is 2. The first-order valence-electron chi connectivity index (χ1n) is 9.87. The van der Waals surface area contributed by atoms with E-state index in [1.54, 1.807) is 6.07 Å². The molecule has 0 atom stereocenters. The second kappa shape index (κ2) is 9.34. The van der Waals surface area contributed by atoms with Crippen molar-refractivity contribution in [2.24, 2.45) is 0 Å². The highest BCUT2D eigenvalue weighted by Crippen LogP contribution is 2.34. The molecule has 3 aromatic carbocycles. The monoisotopic (exact) mass is 487 g/mol. The fraction of sp³-hybridized carbons (Fsp3) is 0.174. The molecular formula is C23H25N3O5S2. The molecule has 1 heterocycles. The molecule has 174 valence electrons. The zero-order valence-electron chi connectivity index (χ0n) is 18.6. The number of hydrogen-bond acceptors (Lipinski definition) is 6. The summed E-state index contributed by atoms with van der Waals surface area (Å²) < 4.78 is 51.3. The van der Waals surface area contributed by atoms with E-state index in [9.17, 15) is 16.8 Å². The molecule has 8 nitrogen and oxygen atoms in total. The van der Waals surface area contributed by atoms with E-state index in [-0.39, 0.29) is 0 Å². The fourth-order valence-corrected chi connectivity index (χ4v) is 3.91. The number of aromatic nitrogens is 1. The van der Waals surface area contributed by atoms with E-state index >= 15 is 0 Å². The third-order valence-electron chi connectivity index (χ3n) is 4.63. The van der Waals surface area contributed by atoms with E-state index in [0.29, 0.717) is 11.9 Å². The molecule has 1 aromatic heterocycles. The van der Waals surface area contributed by atoms with Crippen LogP contribution in [-0.4, -0.2) is 38.9 Å². The number of aryl methyl sites for hydroxylation is 2. The van der Waals surface area contributed by atoms with Gasteiger partial charge in [-0.15, -0.1) is 0 Å². The first-order valence-corrected chi connectivity index (χ1v) is 13.6. The number of pyridine rings is 1. The van der Waals surface area contributed by atoms with E-state index in [4.69, 9.17) is 9.54 Å². The van der Waals surface area contributed by atoms with Gasteiger partial charge in [-0.2, -0.15) is 8.42 Å². The minimum Gasteiger partial charge on any atom is -0.354 e. The van der Waals surface area contributed by atoms with Crippen molar-refractivity contribution < 1.29 is 21.4 Å². The molecule has 33 heavy (non-hydrogen) atoms. The topological polar surface area (TPSA) is 125 Å². The van der Waals surface area contributed by atoms with Gasteiger partial charge in [-0.25, -0.2) is 13.4 Å². The minimum atomic E-state index is -3.67. The van der Waals surface area contributed by atoms with Crippen molar-refractivity contribution in [2.75, 3.05) is 22.6 Å². The molecule has 0 unspecified atom stereocenters. The van der Waals surface area contributed by atoms with Crippen LogP contribution in [0.5, 0.6) is 0 Å². The average molecular weight is 488 g/mol. The number of rotatable bonds is 4. The van der Waals surface area contributed by atoms with Crippen LogP contribution in [0.25, 0.3) is 21.8 Å². The van der Waals surface area contributed by atoms with Gasteiger partial charge >= 0.3 is 0 Å². The van der Waals surface area contributed by atoms with Crippen molar-refractivity contribution in [2.45, 2.75) is 13.8 Å². The highest BCUT2D eigenvalue weighted by Gasteiger charge is 2.11. The van der Waals surface area contributed by atoms with Gasteiger partial charge in [0, 0.05) is 22.1 Å². The SMILES string of the molecule is CS(=O)(=O)O.Cc1ccc2c(Nc3ccc(NS(C)(=O)=O)cc3C)c3ccccc3nc2c1. The van der Waals surface area contributed by atoms with Crippen LogP contribution in [0.2, 0.25) is 0 Å². The Morgan fingerprint density at radius 2 is 1.45 bits per heavy atom. The molecule has 0 aliphatic carbocycles. The molecule has 4 aromatic rings. The number of fused-ring (bicyclic) bond motifs is 2. The zero-order valence-corrected chi connectivity index (χ0v) is 20.3. The molecule has 0 aliphatic heterocycles. The molecule has 10 heteroatoms. The van der Waals surface area contributed by atoms with E-state index in [2.05, 4.69) is 41.2 Å². The van der Waals surface area contributed by atoms with Crippen LogP contribution in [0.1, 0.15) is 11.1 Å². The number of hydrogen-bond donors (Lipinski definition) is 3. The van der Waals surface area contributed by atoms with Gasteiger partial charge in [0.2, 0.25) is 10.0 Å². The van der Waals surface area contributed by atoms with Crippen LogP contribution in [0.4, 0.5) is 17.1 Å². The van der Waals surface area contributed by atoms with Crippen molar-refractivity contribution in [1.29, 1.82) is 0 Å². The summed E-state index contributed by atoms with van der Waals surface area (Å²) >= 11 is 0. The Kier molecular flexibility index (Phi) is 6.92. The summed E-state index contributed by atoms with van der Waals surface area (Å²) in [6, 6.07) is 19.8. The maximum atomic E-state index is 11.5. The highest BCUT2D eigenvalue weighted by atomic mass is 32.2. The number of para-hydroxylation sites is 1. The van der Waals surface area contributed by atoms with E-state index in [1.807, 2.05) is 37.3 Å². The van der Waals surface area contributed by atoms with Gasteiger partial charge in [0.15, 0.2) is 0 Å². The lowest BCUT2D eigenvalue weighted by Gasteiger charge is -2.16. The van der Waals surface area contributed by atoms with Gasteiger partial charge in [0.1, 0.15) is 0 Å². The third-order valence-corrected chi connectivity index (χ3v) is 5.23. The van der Waals surface area contributed by atoms with Crippen LogP contribution in [0, 0.1) is 13.8 Å². The number of benzene rings is 3. The minimum absolute atomic E-state index is 0.547. The molecular weight excluding hydrogens is 462 g/mol. The Bertz CT molecular complexity index is 1540. The van der Waals surface area contributed by atoms with Gasteiger partial charge in [-0.1, -0.05) is 30.3 Å². The van der Waals surface area contributed by atoms with E-state index in [1.165, 1.54) is 0 Å². The van der Waals surface area contributed by atoms with Crippen molar-refractivity contribution in [3.8, 4) is 0 Å². The van der Waals surface area contributed by atoms with Gasteiger partial charge in [-0.3, -0.25) is 9.27 Å². The molecule has 4 rings (SSSR count). The van der Waals surface area contributed by atoms with Crippen LogP contribution in [0.3, 0.4) is 0 Å². The Labute approximate surface area is 193 Å². The summed E-state index contributed by atoms with van der Waals surface area (Å²) in [4.78, 5) is 4.80. The molecule has 0 saturated carbocycles. The largest absolute Gasteiger partial charge is 0.354 e. The fourth-order valence-electron chi connectivity index (χ4n) is 3.35. The van der Waals surface area contributed by atoms with Gasteiger partial charge in [0.25, 0.3) is 10.1 Å². The van der Waals surface area contributed by atoms with Crippen molar-refractivity contribution in [1.82, 2.24) is 4.98 Å². The Morgan fingerprint density at radius 1 is 0.818 bits per heavy atom. The lowest BCUT2D eigenvalue weighted by Crippen LogP contribution is -2.09. The molecule has 3 N–H and O–H groups in total. The van der Waals surface area contributed by atoms with E-state index < -0.39 is 20.1 Å². The van der Waals surface area contributed by atoms with Crippen LogP contribution < -0.4 is 10.0 Å². The first kappa shape index (κ1) is 24.4. The molecule has 0 fully saturated rings. The second-order valence-electron chi connectivity index (χ2n) is 7.79. The summed E-state index contributed by atoms with van der Waals surface area (Å²) in [5, 5.41) is 5.63. The predicted octanol–water partition coefficient (Wildman–Crippen LogP) is 4.62. The summed E-state index contributed by atoms with van der Waals surface area (Å²) in [7, 11) is -6.97. The number of anilines is 3. The summed E-state index contributed by atoms with van der Waals surface area (Å²) in [5.74, 6) is 0. The Hall–Kier alpha value is -3.21. The molecule has 0 spiro atoms. The van der Waals surface area contributed by atoms with Crippen molar-refractivity contribution in [3.63, 3.8) is 0 Å². The van der Waals surface area contributed by atoms with Gasteiger partial charge in [0.05, 0.1) is 29.2 Å². The Balaban J connectivity index is 0.000000555. The first-order chi connectivity index (χ1) is 15.3. The normalized spacial score (nSPS) is 11.7. The molecule has 0 aliphatic rings. The standard InChI is InChI=1S/C22H21N3O2S.CH4O3S/c1-14-8-10-18-21(12-14)23-20-7-5-4-6-17(20)22(18)24-19-11-9-16(13-15(19)2)25-28(3,26)27;1-5(2,3)4/h4-13,25H,1-3H3,(H,23,24);1H3,(H,2,3,4). The third kappa shape index (κ3) is 6.88. The molecule has 0 bridgehead atoms. The Morgan fingerprint density at radius 3 is 2.09 bits per heavy atom. The van der Waals surface area contributed by atoms with E-state index in [0.717, 1.165) is 50.6 Å². The maximum Gasteiger partial charge on any atom is 0.261 e. The van der Waals surface area contributed by atoms with Crippen LogP contribution >= 0.6 is 0 Å². The predicted molar refractivity (Wildman–Crippen MR) is 134 cm³/mol. The average Bonchev–Trinajstić information content (AvgIpc) is 2.67. The maximum absolute atomic E-state index is 11.5. The molecule has 0 radical (unpaired) electrons. The number of nitrogens with zero attached hydrogens (tertiary/aromatic N) is 1. The summed E-state index contributed by atoms with van der Waals surface area (Å²) in [6.45, 7) is 4.01. The highest BCUT2D eigenvalue weighted by molar-refractivity contribution is 7.92.